The Morgan fingerprint density at radius 1 is 1.25 bits per heavy atom. The number of hydrogen-bond acceptors (Lipinski definition) is 5. The second kappa shape index (κ2) is 5.57. The largest absolute Gasteiger partial charge is 0.343 e. The van der Waals surface area contributed by atoms with E-state index in [2.05, 4.69) is 15.0 Å². The van der Waals surface area contributed by atoms with Crippen LogP contribution in [0.25, 0.3) is 22.2 Å². The van der Waals surface area contributed by atoms with Gasteiger partial charge in [-0.05, 0) is 12.1 Å². The first kappa shape index (κ1) is 14.6. The summed E-state index contributed by atoms with van der Waals surface area (Å²) in [5.74, 6) is 0.496. The molecule has 0 bridgehead atoms. The van der Waals surface area contributed by atoms with Crippen LogP contribution in [0.3, 0.4) is 0 Å². The number of hydrogen-bond donors (Lipinski definition) is 0. The van der Waals surface area contributed by atoms with E-state index in [0.717, 1.165) is 10.6 Å². The molecule has 0 unspecified atom stereocenters. The predicted molar refractivity (Wildman–Crippen MR) is 91.4 cm³/mol. The van der Waals surface area contributed by atoms with Crippen molar-refractivity contribution < 1.29 is 4.79 Å². The van der Waals surface area contributed by atoms with Crippen LogP contribution in [0.2, 0.25) is 0 Å². The van der Waals surface area contributed by atoms with Crippen molar-refractivity contribution in [3.05, 3.63) is 54.2 Å². The van der Waals surface area contributed by atoms with Crippen molar-refractivity contribution in [2.24, 2.45) is 0 Å². The molecule has 4 aromatic heterocycles. The van der Waals surface area contributed by atoms with Gasteiger partial charge in [0.2, 0.25) is 0 Å². The van der Waals surface area contributed by atoms with E-state index in [4.69, 9.17) is 0 Å². The highest BCUT2D eigenvalue weighted by Crippen LogP contribution is 2.23. The summed E-state index contributed by atoms with van der Waals surface area (Å²) in [7, 11) is 3.43. The summed E-state index contributed by atoms with van der Waals surface area (Å²) in [6, 6.07) is 5.67. The Labute approximate surface area is 141 Å². The standard InChI is InChI=1S/C16H14N6OS/c1-20(2)15(23)13-12-5-3-4-7-22(12)14(19-13)11-9-21(10-18-11)16-17-6-8-24-16/h3-10H,1-2H3. The lowest BCUT2D eigenvalue weighted by Crippen LogP contribution is -2.22. The Kier molecular flexibility index (Phi) is 3.39. The molecule has 0 saturated carbocycles. The molecular formula is C16H14N6OS. The normalized spacial score (nSPS) is 11.1. The Morgan fingerprint density at radius 2 is 2.12 bits per heavy atom. The third-order valence-corrected chi connectivity index (χ3v) is 4.39. The van der Waals surface area contributed by atoms with E-state index in [1.54, 1.807) is 26.6 Å². The van der Waals surface area contributed by atoms with Gasteiger partial charge in [0.25, 0.3) is 5.91 Å². The number of nitrogens with zero attached hydrogens (tertiary/aromatic N) is 6. The predicted octanol–water partition coefficient (Wildman–Crippen LogP) is 2.35. The summed E-state index contributed by atoms with van der Waals surface area (Å²) in [4.78, 5) is 27.2. The van der Waals surface area contributed by atoms with Gasteiger partial charge in [-0.15, -0.1) is 11.3 Å². The molecule has 0 saturated heterocycles. The SMILES string of the molecule is CN(C)C(=O)c1nc(-c2cn(-c3nccs3)cn2)n2ccccc12. The summed E-state index contributed by atoms with van der Waals surface area (Å²) in [5.41, 5.74) is 1.86. The highest BCUT2D eigenvalue weighted by atomic mass is 32.1. The van der Waals surface area contributed by atoms with Gasteiger partial charge in [0, 0.05) is 38.1 Å². The number of thiazole rings is 1. The number of pyridine rings is 1. The highest BCUT2D eigenvalue weighted by Gasteiger charge is 2.20. The fourth-order valence-corrected chi connectivity index (χ4v) is 3.06. The summed E-state index contributed by atoms with van der Waals surface area (Å²) in [6.07, 6.45) is 7.20. The maximum Gasteiger partial charge on any atom is 0.274 e. The van der Waals surface area contributed by atoms with Crippen molar-refractivity contribution in [1.82, 2.24) is 28.8 Å². The lowest BCUT2D eigenvalue weighted by atomic mass is 10.3. The maximum atomic E-state index is 12.4. The molecule has 4 aromatic rings. The molecule has 0 N–H and O–H groups in total. The Morgan fingerprint density at radius 3 is 2.88 bits per heavy atom. The second-order valence-electron chi connectivity index (χ2n) is 5.42. The van der Waals surface area contributed by atoms with Crippen LogP contribution in [0.1, 0.15) is 10.5 Å². The van der Waals surface area contributed by atoms with Gasteiger partial charge >= 0.3 is 0 Å². The van der Waals surface area contributed by atoms with Crippen LogP contribution in [0.4, 0.5) is 0 Å². The van der Waals surface area contributed by atoms with E-state index in [0.29, 0.717) is 17.2 Å². The van der Waals surface area contributed by atoms with Crippen LogP contribution in [0.5, 0.6) is 0 Å². The number of aromatic nitrogens is 5. The van der Waals surface area contributed by atoms with Crippen LogP contribution in [0, 0.1) is 0 Å². The molecule has 0 aliphatic carbocycles. The van der Waals surface area contributed by atoms with Crippen molar-refractivity contribution in [2.75, 3.05) is 14.1 Å². The topological polar surface area (TPSA) is 68.3 Å². The lowest BCUT2D eigenvalue weighted by molar-refractivity contribution is 0.0824. The van der Waals surface area contributed by atoms with E-state index in [1.165, 1.54) is 16.2 Å². The molecule has 0 spiro atoms. The fourth-order valence-electron chi connectivity index (χ4n) is 2.47. The smallest absolute Gasteiger partial charge is 0.274 e. The van der Waals surface area contributed by atoms with Gasteiger partial charge in [-0.2, -0.15) is 0 Å². The zero-order valence-corrected chi connectivity index (χ0v) is 13.9. The molecule has 4 rings (SSSR count). The summed E-state index contributed by atoms with van der Waals surface area (Å²) >= 11 is 1.53. The fraction of sp³-hybridized carbons (Fsp3) is 0.125. The first-order valence-electron chi connectivity index (χ1n) is 7.28. The minimum atomic E-state index is -0.135. The van der Waals surface area contributed by atoms with Crippen LogP contribution in [-0.4, -0.2) is 48.8 Å². The summed E-state index contributed by atoms with van der Waals surface area (Å²) in [5, 5.41) is 2.74. The summed E-state index contributed by atoms with van der Waals surface area (Å²) < 4.78 is 3.72. The number of amides is 1. The molecule has 4 heterocycles. The van der Waals surface area contributed by atoms with Crippen molar-refractivity contribution in [3.8, 4) is 16.6 Å². The Hall–Kier alpha value is -3.00. The molecule has 0 fully saturated rings. The van der Waals surface area contributed by atoms with Gasteiger partial charge in [0.05, 0.1) is 5.52 Å². The van der Waals surface area contributed by atoms with Crippen LogP contribution in [-0.2, 0) is 0 Å². The van der Waals surface area contributed by atoms with Gasteiger partial charge in [-0.1, -0.05) is 6.07 Å². The first-order chi connectivity index (χ1) is 11.6. The van der Waals surface area contributed by atoms with Crippen molar-refractivity contribution >= 4 is 22.8 Å². The molecule has 0 radical (unpaired) electrons. The first-order valence-corrected chi connectivity index (χ1v) is 8.16. The number of rotatable bonds is 3. The van der Waals surface area contributed by atoms with E-state index >= 15 is 0 Å². The number of fused-ring (bicyclic) bond motifs is 1. The Balaban J connectivity index is 1.87. The molecule has 0 aromatic carbocycles. The van der Waals surface area contributed by atoms with Crippen molar-refractivity contribution in [1.29, 1.82) is 0 Å². The molecule has 120 valence electrons. The summed E-state index contributed by atoms with van der Waals surface area (Å²) in [6.45, 7) is 0. The zero-order valence-electron chi connectivity index (χ0n) is 13.1. The second-order valence-corrected chi connectivity index (χ2v) is 6.29. The quantitative estimate of drug-likeness (QED) is 0.575. The van der Waals surface area contributed by atoms with Crippen LogP contribution >= 0.6 is 11.3 Å². The molecule has 0 aliphatic rings. The highest BCUT2D eigenvalue weighted by molar-refractivity contribution is 7.12. The number of imidazole rings is 2. The van der Waals surface area contributed by atoms with Gasteiger partial charge in [-0.25, -0.2) is 15.0 Å². The monoisotopic (exact) mass is 338 g/mol. The molecule has 7 nitrogen and oxygen atoms in total. The van der Waals surface area contributed by atoms with Gasteiger partial charge in [0.1, 0.15) is 12.0 Å². The minimum absolute atomic E-state index is 0.135. The molecule has 8 heteroatoms. The molecule has 0 aliphatic heterocycles. The lowest BCUT2D eigenvalue weighted by Gasteiger charge is -2.07. The molecular weight excluding hydrogens is 324 g/mol. The van der Waals surface area contributed by atoms with Crippen LogP contribution < -0.4 is 0 Å². The number of carbonyl (C=O) groups excluding carboxylic acids is 1. The van der Waals surface area contributed by atoms with E-state index in [9.17, 15) is 4.79 Å². The molecule has 24 heavy (non-hydrogen) atoms. The third kappa shape index (κ3) is 2.28. The molecule has 1 amide bonds. The van der Waals surface area contributed by atoms with E-state index < -0.39 is 0 Å². The van der Waals surface area contributed by atoms with Crippen LogP contribution in [0.15, 0.2) is 48.5 Å². The third-order valence-electron chi connectivity index (χ3n) is 3.61. The van der Waals surface area contributed by atoms with Gasteiger partial charge in [-0.3, -0.25) is 13.8 Å². The van der Waals surface area contributed by atoms with Crippen molar-refractivity contribution in [2.45, 2.75) is 0 Å². The number of carbonyl (C=O) groups is 1. The maximum absolute atomic E-state index is 12.4. The average Bonchev–Trinajstić information content (AvgIpc) is 3.31. The van der Waals surface area contributed by atoms with Crippen molar-refractivity contribution in [3.63, 3.8) is 0 Å². The Bertz CT molecular complexity index is 1010. The molecule has 0 atom stereocenters. The van der Waals surface area contributed by atoms with Gasteiger partial charge < -0.3 is 4.90 Å². The average molecular weight is 338 g/mol. The zero-order chi connectivity index (χ0) is 16.7. The van der Waals surface area contributed by atoms with Gasteiger partial charge in [0.15, 0.2) is 16.6 Å². The van der Waals surface area contributed by atoms with E-state index in [-0.39, 0.29) is 5.91 Å². The van der Waals surface area contributed by atoms with E-state index in [1.807, 2.05) is 44.9 Å². The minimum Gasteiger partial charge on any atom is -0.343 e.